The van der Waals surface area contributed by atoms with Crippen molar-refractivity contribution in [2.75, 3.05) is 45.8 Å². The molecule has 0 radical (unpaired) electrons. The monoisotopic (exact) mass is 281 g/mol. The molecule has 2 heterocycles. The van der Waals surface area contributed by atoms with E-state index in [1.807, 2.05) is 7.05 Å². The second kappa shape index (κ2) is 7.23. The third-order valence-corrected chi connectivity index (χ3v) is 3.65. The third-order valence-electron chi connectivity index (χ3n) is 3.65. The van der Waals surface area contributed by atoms with Gasteiger partial charge in [0.1, 0.15) is 0 Å². The van der Waals surface area contributed by atoms with Crippen molar-refractivity contribution in [2.24, 2.45) is 5.92 Å². The van der Waals surface area contributed by atoms with Crippen molar-refractivity contribution < 1.29 is 9.47 Å². The van der Waals surface area contributed by atoms with Crippen LogP contribution in [0.25, 0.3) is 0 Å². The molecule has 0 aromatic carbocycles. The van der Waals surface area contributed by atoms with Crippen LogP contribution >= 0.6 is 0 Å². The highest BCUT2D eigenvalue weighted by molar-refractivity contribution is 5.32. The summed E-state index contributed by atoms with van der Waals surface area (Å²) < 4.78 is 10.2. The Morgan fingerprint density at radius 3 is 2.20 bits per heavy atom. The molecule has 112 valence electrons. The van der Waals surface area contributed by atoms with Crippen LogP contribution in [0.3, 0.4) is 0 Å². The number of methoxy groups -OCH3 is 2. The molecule has 1 aliphatic heterocycles. The first-order valence-corrected chi connectivity index (χ1v) is 7.00. The summed E-state index contributed by atoms with van der Waals surface area (Å²) in [5.74, 6) is 1.42. The lowest BCUT2D eigenvalue weighted by molar-refractivity contribution is 0.335. The smallest absolute Gasteiger partial charge is 0.324 e. The van der Waals surface area contributed by atoms with Gasteiger partial charge in [0.25, 0.3) is 0 Å². The molecule has 0 saturated carbocycles. The standard InChI is InChI=1S/C13H23N5O2/c1-14-7-4-10-5-8-18(9-6-10)11-15-12(19-2)17-13(16-11)20-3/h10,14H,4-9H2,1-3H3. The summed E-state index contributed by atoms with van der Waals surface area (Å²) in [5.41, 5.74) is 0. The Labute approximate surface area is 119 Å². The lowest BCUT2D eigenvalue weighted by Gasteiger charge is -2.32. The molecule has 1 fully saturated rings. The summed E-state index contributed by atoms with van der Waals surface area (Å²) >= 11 is 0. The number of rotatable bonds is 6. The van der Waals surface area contributed by atoms with E-state index in [0.717, 1.165) is 38.4 Å². The van der Waals surface area contributed by atoms with E-state index in [1.54, 1.807) is 14.2 Å². The van der Waals surface area contributed by atoms with E-state index in [-0.39, 0.29) is 0 Å². The molecule has 1 saturated heterocycles. The van der Waals surface area contributed by atoms with Crippen molar-refractivity contribution in [3.8, 4) is 12.0 Å². The summed E-state index contributed by atoms with van der Waals surface area (Å²) in [5, 5.41) is 3.21. The Kier molecular flexibility index (Phi) is 5.34. The van der Waals surface area contributed by atoms with Crippen molar-refractivity contribution in [3.05, 3.63) is 0 Å². The van der Waals surface area contributed by atoms with Gasteiger partial charge in [0.05, 0.1) is 14.2 Å². The van der Waals surface area contributed by atoms with E-state index >= 15 is 0 Å². The fourth-order valence-electron chi connectivity index (χ4n) is 2.42. The molecule has 0 atom stereocenters. The number of nitrogens with zero attached hydrogens (tertiary/aromatic N) is 4. The molecule has 1 aromatic rings. The number of nitrogens with one attached hydrogen (secondary N) is 1. The maximum Gasteiger partial charge on any atom is 0.324 e. The van der Waals surface area contributed by atoms with Crippen molar-refractivity contribution in [1.29, 1.82) is 0 Å². The first-order chi connectivity index (χ1) is 9.76. The molecule has 1 aromatic heterocycles. The molecule has 1 N–H and O–H groups in total. The molecule has 20 heavy (non-hydrogen) atoms. The second-order valence-electron chi connectivity index (χ2n) is 4.93. The van der Waals surface area contributed by atoms with Crippen LogP contribution in [0.2, 0.25) is 0 Å². The summed E-state index contributed by atoms with van der Waals surface area (Å²) in [4.78, 5) is 14.8. The first kappa shape index (κ1) is 14.8. The Hall–Kier alpha value is -1.63. The van der Waals surface area contributed by atoms with Crippen LogP contribution in [0.4, 0.5) is 5.95 Å². The molecule has 0 unspecified atom stereocenters. The minimum Gasteiger partial charge on any atom is -0.467 e. The van der Waals surface area contributed by atoms with Crippen molar-refractivity contribution in [1.82, 2.24) is 20.3 Å². The predicted octanol–water partition coefficient (Wildman–Crippen LogP) is 0.715. The molecular formula is C13H23N5O2. The van der Waals surface area contributed by atoms with Gasteiger partial charge in [-0.3, -0.25) is 0 Å². The predicted molar refractivity (Wildman–Crippen MR) is 76.4 cm³/mol. The lowest BCUT2D eigenvalue weighted by Crippen LogP contribution is -2.35. The van der Waals surface area contributed by atoms with Gasteiger partial charge in [0.2, 0.25) is 5.95 Å². The number of anilines is 1. The fraction of sp³-hybridized carbons (Fsp3) is 0.769. The van der Waals surface area contributed by atoms with Gasteiger partial charge in [0, 0.05) is 13.1 Å². The number of hydrogen-bond acceptors (Lipinski definition) is 7. The molecule has 7 nitrogen and oxygen atoms in total. The van der Waals surface area contributed by atoms with Crippen LogP contribution in [0, 0.1) is 5.92 Å². The van der Waals surface area contributed by atoms with Gasteiger partial charge in [-0.2, -0.15) is 9.97 Å². The van der Waals surface area contributed by atoms with Gasteiger partial charge < -0.3 is 19.7 Å². The zero-order valence-corrected chi connectivity index (χ0v) is 12.4. The van der Waals surface area contributed by atoms with Gasteiger partial charge in [-0.25, -0.2) is 0 Å². The van der Waals surface area contributed by atoms with Gasteiger partial charge in [-0.15, -0.1) is 4.98 Å². The van der Waals surface area contributed by atoms with Crippen molar-refractivity contribution in [3.63, 3.8) is 0 Å². The Morgan fingerprint density at radius 2 is 1.70 bits per heavy atom. The SMILES string of the molecule is CNCCC1CCN(c2nc(OC)nc(OC)n2)CC1. The van der Waals surface area contributed by atoms with E-state index in [1.165, 1.54) is 6.42 Å². The van der Waals surface area contributed by atoms with E-state index in [4.69, 9.17) is 9.47 Å². The van der Waals surface area contributed by atoms with Crippen LogP contribution in [0.15, 0.2) is 0 Å². The minimum absolute atomic E-state index is 0.296. The van der Waals surface area contributed by atoms with Gasteiger partial charge in [0.15, 0.2) is 0 Å². The van der Waals surface area contributed by atoms with Gasteiger partial charge in [-0.05, 0) is 38.8 Å². The molecule has 2 rings (SSSR count). The number of ether oxygens (including phenoxy) is 2. The largest absolute Gasteiger partial charge is 0.467 e. The summed E-state index contributed by atoms with van der Waals surface area (Å²) in [6, 6.07) is 0.591. The van der Waals surface area contributed by atoms with E-state index in [9.17, 15) is 0 Å². The average molecular weight is 281 g/mol. The third kappa shape index (κ3) is 3.69. The minimum atomic E-state index is 0.296. The van der Waals surface area contributed by atoms with Crippen molar-refractivity contribution >= 4 is 5.95 Å². The highest BCUT2D eigenvalue weighted by Crippen LogP contribution is 2.24. The van der Waals surface area contributed by atoms with Crippen LogP contribution in [-0.4, -0.2) is 55.9 Å². The molecule has 7 heteroatoms. The highest BCUT2D eigenvalue weighted by Gasteiger charge is 2.22. The summed E-state index contributed by atoms with van der Waals surface area (Å²) in [6.07, 6.45) is 3.56. The average Bonchev–Trinajstić information content (AvgIpc) is 2.52. The quantitative estimate of drug-likeness (QED) is 0.823. The molecule has 0 amide bonds. The van der Waals surface area contributed by atoms with Gasteiger partial charge in [-0.1, -0.05) is 0 Å². The molecule has 0 bridgehead atoms. The van der Waals surface area contributed by atoms with Crippen molar-refractivity contribution in [2.45, 2.75) is 19.3 Å². The van der Waals surface area contributed by atoms with Crippen LogP contribution in [-0.2, 0) is 0 Å². The normalized spacial score (nSPS) is 16.2. The summed E-state index contributed by atoms with van der Waals surface area (Å²) in [6.45, 7) is 3.01. The molecule has 1 aliphatic rings. The number of aromatic nitrogens is 3. The maximum atomic E-state index is 5.09. The zero-order valence-electron chi connectivity index (χ0n) is 12.4. The number of hydrogen-bond donors (Lipinski definition) is 1. The van der Waals surface area contributed by atoms with Crippen LogP contribution in [0.5, 0.6) is 12.0 Å². The fourth-order valence-corrected chi connectivity index (χ4v) is 2.42. The van der Waals surface area contributed by atoms with Crippen LogP contribution < -0.4 is 19.7 Å². The van der Waals surface area contributed by atoms with Crippen LogP contribution in [0.1, 0.15) is 19.3 Å². The first-order valence-electron chi connectivity index (χ1n) is 7.00. The Morgan fingerprint density at radius 1 is 1.10 bits per heavy atom. The maximum absolute atomic E-state index is 5.09. The Bertz CT molecular complexity index is 399. The molecule has 0 aliphatic carbocycles. The second-order valence-corrected chi connectivity index (χ2v) is 4.93. The summed E-state index contributed by atoms with van der Waals surface area (Å²) in [7, 11) is 5.09. The van der Waals surface area contributed by atoms with E-state index in [2.05, 4.69) is 25.2 Å². The topological polar surface area (TPSA) is 72.4 Å². The van der Waals surface area contributed by atoms with Gasteiger partial charge >= 0.3 is 12.0 Å². The lowest BCUT2D eigenvalue weighted by atomic mass is 9.94. The van der Waals surface area contributed by atoms with E-state index in [0.29, 0.717) is 18.0 Å². The number of piperidine rings is 1. The molecule has 0 spiro atoms. The zero-order chi connectivity index (χ0) is 14.4. The Balaban J connectivity index is 1.99. The highest BCUT2D eigenvalue weighted by atomic mass is 16.5. The molecular weight excluding hydrogens is 258 g/mol. The van der Waals surface area contributed by atoms with E-state index < -0.39 is 0 Å².